The second-order valence-corrected chi connectivity index (χ2v) is 12.5. The van der Waals surface area contributed by atoms with Gasteiger partial charge in [-0.2, -0.15) is 0 Å². The number of rotatable bonds is 11. The molecule has 3 saturated carbocycles. The normalized spacial score (nSPS) is 26.4. The fraction of sp³-hybridized carbons (Fsp3) is 0.821. The summed E-state index contributed by atoms with van der Waals surface area (Å²) in [4.78, 5) is 66.4. The molecule has 4 atom stereocenters. The number of hydrogen-bond donors (Lipinski definition) is 3. The van der Waals surface area contributed by atoms with E-state index in [9.17, 15) is 24.0 Å². The van der Waals surface area contributed by atoms with Gasteiger partial charge in [-0.05, 0) is 69.1 Å². The zero-order valence-electron chi connectivity index (χ0n) is 23.0. The van der Waals surface area contributed by atoms with Crippen molar-refractivity contribution in [3.63, 3.8) is 0 Å². The summed E-state index contributed by atoms with van der Waals surface area (Å²) in [6.45, 7) is 6.29. The number of ketones is 1. The van der Waals surface area contributed by atoms with Gasteiger partial charge in [-0.1, -0.05) is 46.0 Å². The van der Waals surface area contributed by atoms with Gasteiger partial charge in [0.25, 0.3) is 5.91 Å². The van der Waals surface area contributed by atoms with Gasteiger partial charge in [0.2, 0.25) is 17.6 Å². The van der Waals surface area contributed by atoms with Gasteiger partial charge in [-0.25, -0.2) is 4.79 Å². The summed E-state index contributed by atoms with van der Waals surface area (Å²) in [6.07, 6.45) is 8.64. The fourth-order valence-corrected chi connectivity index (χ4v) is 6.13. The zero-order valence-corrected chi connectivity index (χ0v) is 23.0. The Bertz CT molecular complexity index is 938. The lowest BCUT2D eigenvalue weighted by Crippen LogP contribution is -2.59. The summed E-state index contributed by atoms with van der Waals surface area (Å²) >= 11 is 0. The molecule has 0 aromatic carbocycles. The molecule has 1 heterocycles. The van der Waals surface area contributed by atoms with Gasteiger partial charge in [0, 0.05) is 6.54 Å². The maximum Gasteiger partial charge on any atom is 0.408 e. The molecule has 4 rings (SSSR count). The van der Waals surface area contributed by atoms with Crippen molar-refractivity contribution in [2.24, 2.45) is 29.4 Å². The molecule has 4 amide bonds. The molecule has 1 saturated heterocycles. The largest absolute Gasteiger partial charge is 0.443 e. The summed E-state index contributed by atoms with van der Waals surface area (Å²) in [5.74, 6) is -2.35. The van der Waals surface area contributed by atoms with Crippen LogP contribution in [-0.4, -0.2) is 64.8 Å². The Kier molecular flexibility index (Phi) is 8.67. The van der Waals surface area contributed by atoms with Crippen molar-refractivity contribution in [1.29, 1.82) is 0 Å². The Balaban J connectivity index is 1.54. The maximum absolute atomic E-state index is 14.1. The number of ether oxygens (including phenoxy) is 1. The molecule has 38 heavy (non-hydrogen) atoms. The van der Waals surface area contributed by atoms with E-state index >= 15 is 0 Å². The highest BCUT2D eigenvalue weighted by atomic mass is 16.6. The van der Waals surface area contributed by atoms with Gasteiger partial charge >= 0.3 is 6.09 Å². The van der Waals surface area contributed by atoms with Crippen LogP contribution >= 0.6 is 0 Å². The number of nitrogens with two attached hydrogens (primary N) is 1. The van der Waals surface area contributed by atoms with E-state index in [1.807, 2.05) is 20.8 Å². The Morgan fingerprint density at radius 2 is 1.63 bits per heavy atom. The van der Waals surface area contributed by atoms with Crippen LogP contribution in [0.25, 0.3) is 0 Å². The minimum atomic E-state index is -1.07. The van der Waals surface area contributed by atoms with Crippen molar-refractivity contribution in [3.05, 3.63) is 0 Å². The first-order valence-corrected chi connectivity index (χ1v) is 14.4. The molecule has 0 aromatic heterocycles. The van der Waals surface area contributed by atoms with E-state index in [-0.39, 0.29) is 29.6 Å². The number of carbonyl (C=O) groups is 5. The van der Waals surface area contributed by atoms with Gasteiger partial charge in [0.1, 0.15) is 17.7 Å². The SMILES string of the molecule is CC(C)C1CCN(C(=O)[C@@H](NC(=O)OC2(C)CC2)C2CCCCC2)[C@@H]1C(=O)NC(CC1CC1)C(=O)C(N)=O. The first kappa shape index (κ1) is 28.4. The number of likely N-dealkylation sites (tertiary alicyclic amines) is 1. The minimum absolute atomic E-state index is 0.0309. The zero-order chi connectivity index (χ0) is 27.6. The number of alkyl carbamates (subject to hydrolysis) is 1. The smallest absolute Gasteiger partial charge is 0.408 e. The second-order valence-electron chi connectivity index (χ2n) is 12.5. The van der Waals surface area contributed by atoms with E-state index < -0.39 is 47.4 Å². The second kappa shape index (κ2) is 11.6. The average molecular weight is 533 g/mol. The molecule has 0 radical (unpaired) electrons. The average Bonchev–Trinajstić information content (AvgIpc) is 3.79. The van der Waals surface area contributed by atoms with Crippen LogP contribution in [0.1, 0.15) is 91.4 Å². The summed E-state index contributed by atoms with van der Waals surface area (Å²) in [5, 5.41) is 5.66. The van der Waals surface area contributed by atoms with E-state index in [0.29, 0.717) is 19.4 Å². The molecule has 1 aliphatic heterocycles. The van der Waals surface area contributed by atoms with Crippen LogP contribution < -0.4 is 16.4 Å². The molecular weight excluding hydrogens is 488 g/mol. The molecule has 10 nitrogen and oxygen atoms in total. The molecular formula is C28H44N4O6. The van der Waals surface area contributed by atoms with Gasteiger partial charge in [0.15, 0.2) is 0 Å². The van der Waals surface area contributed by atoms with Gasteiger partial charge < -0.3 is 26.0 Å². The maximum atomic E-state index is 14.1. The fourth-order valence-electron chi connectivity index (χ4n) is 6.13. The highest BCUT2D eigenvalue weighted by Crippen LogP contribution is 2.39. The van der Waals surface area contributed by atoms with Crippen molar-refractivity contribution >= 4 is 29.6 Å². The monoisotopic (exact) mass is 532 g/mol. The molecule has 2 unspecified atom stereocenters. The lowest BCUT2D eigenvalue weighted by Gasteiger charge is -2.36. The van der Waals surface area contributed by atoms with E-state index in [0.717, 1.165) is 57.8 Å². The summed E-state index contributed by atoms with van der Waals surface area (Å²) < 4.78 is 5.58. The highest BCUT2D eigenvalue weighted by Gasteiger charge is 2.48. The van der Waals surface area contributed by atoms with Crippen molar-refractivity contribution in [2.75, 3.05) is 6.54 Å². The topological polar surface area (TPSA) is 148 Å². The van der Waals surface area contributed by atoms with E-state index in [4.69, 9.17) is 10.5 Å². The molecule has 4 fully saturated rings. The van der Waals surface area contributed by atoms with E-state index in [2.05, 4.69) is 10.6 Å². The van der Waals surface area contributed by atoms with E-state index in [1.54, 1.807) is 4.90 Å². The molecule has 0 spiro atoms. The van der Waals surface area contributed by atoms with Crippen LogP contribution in [0.3, 0.4) is 0 Å². The number of carbonyl (C=O) groups excluding carboxylic acids is 5. The number of nitrogens with zero attached hydrogens (tertiary/aromatic N) is 1. The number of primary amides is 1. The molecule has 4 N–H and O–H groups in total. The Labute approximate surface area is 225 Å². The first-order valence-electron chi connectivity index (χ1n) is 14.4. The molecule has 3 aliphatic carbocycles. The molecule has 10 heteroatoms. The lowest BCUT2D eigenvalue weighted by molar-refractivity contribution is -0.144. The summed E-state index contributed by atoms with van der Waals surface area (Å²) in [5.41, 5.74) is 4.81. The van der Waals surface area contributed by atoms with Crippen LogP contribution in [0, 0.1) is 23.7 Å². The van der Waals surface area contributed by atoms with Crippen LogP contribution in [0.15, 0.2) is 0 Å². The van der Waals surface area contributed by atoms with Gasteiger partial charge in [-0.3, -0.25) is 19.2 Å². The summed E-state index contributed by atoms with van der Waals surface area (Å²) in [7, 11) is 0. The standard InChI is InChI=1S/C28H44N4O6/c1-16(2)19-11-14-32(22(19)25(35)30-20(15-17-9-10-17)23(33)24(29)34)26(36)21(18-7-5-4-6-8-18)31-27(37)38-28(3)12-13-28/h16-22H,4-15H2,1-3H3,(H2,29,34)(H,30,35)(H,31,37)/t19?,20?,21-,22-/m0/s1. The number of nitrogens with one attached hydrogen (secondary N) is 2. The molecule has 0 bridgehead atoms. The van der Waals surface area contributed by atoms with Crippen LogP contribution in [0.5, 0.6) is 0 Å². The molecule has 4 aliphatic rings. The highest BCUT2D eigenvalue weighted by molar-refractivity contribution is 6.37. The molecule has 0 aromatic rings. The van der Waals surface area contributed by atoms with Crippen LogP contribution in [0.2, 0.25) is 0 Å². The van der Waals surface area contributed by atoms with Crippen molar-refractivity contribution in [2.45, 2.75) is 115 Å². The van der Waals surface area contributed by atoms with Gasteiger partial charge in [-0.15, -0.1) is 0 Å². The third-order valence-corrected chi connectivity index (χ3v) is 8.95. The van der Waals surface area contributed by atoms with Crippen LogP contribution in [0.4, 0.5) is 4.79 Å². The number of hydrogen-bond acceptors (Lipinski definition) is 6. The molecule has 212 valence electrons. The third-order valence-electron chi connectivity index (χ3n) is 8.95. The predicted molar refractivity (Wildman–Crippen MR) is 140 cm³/mol. The first-order chi connectivity index (χ1) is 18.0. The van der Waals surface area contributed by atoms with Crippen molar-refractivity contribution in [1.82, 2.24) is 15.5 Å². The summed E-state index contributed by atoms with van der Waals surface area (Å²) in [6, 6.07) is -2.56. The Morgan fingerprint density at radius 3 is 2.18 bits per heavy atom. The van der Waals surface area contributed by atoms with Crippen LogP contribution in [-0.2, 0) is 23.9 Å². The quantitative estimate of drug-likeness (QED) is 0.348. The predicted octanol–water partition coefficient (Wildman–Crippen LogP) is 2.43. The number of amides is 4. The Morgan fingerprint density at radius 1 is 0.974 bits per heavy atom. The third kappa shape index (κ3) is 6.86. The van der Waals surface area contributed by atoms with Gasteiger partial charge in [0.05, 0.1) is 6.04 Å². The van der Waals surface area contributed by atoms with Crippen molar-refractivity contribution < 1.29 is 28.7 Å². The van der Waals surface area contributed by atoms with E-state index in [1.165, 1.54) is 0 Å². The number of Topliss-reactive ketones (excluding diaryl/α,β-unsaturated/α-hetero) is 1. The minimum Gasteiger partial charge on any atom is -0.443 e. The Hall–Kier alpha value is -2.65. The van der Waals surface area contributed by atoms with Crippen molar-refractivity contribution in [3.8, 4) is 0 Å². The lowest BCUT2D eigenvalue weighted by atomic mass is 9.83.